The number of aryl methyl sites for hydroxylation is 1. The molecule has 0 atom stereocenters. The number of hydrogen-bond donors (Lipinski definition) is 3. The minimum absolute atomic E-state index is 0.0100. The van der Waals surface area contributed by atoms with Gasteiger partial charge in [-0.25, -0.2) is 4.79 Å². The van der Waals surface area contributed by atoms with E-state index in [-0.39, 0.29) is 12.5 Å². The number of primary amides is 1. The number of carbonyl (C=O) groups excluding carboxylic acids is 2. The fourth-order valence-corrected chi connectivity index (χ4v) is 6.77. The third-order valence-electron chi connectivity index (χ3n) is 7.81. The summed E-state index contributed by atoms with van der Waals surface area (Å²) in [6, 6.07) is 10.2. The summed E-state index contributed by atoms with van der Waals surface area (Å²) in [5, 5.41) is 17.6. The predicted octanol–water partition coefficient (Wildman–Crippen LogP) is 4.24. The second kappa shape index (κ2) is 15.2. The molecule has 1 aromatic heterocycles. The number of aliphatic hydroxyl groups is 1. The number of thioether (sulfide) groups is 1. The summed E-state index contributed by atoms with van der Waals surface area (Å²) in [5.74, 6) is 8.30. The van der Waals surface area contributed by atoms with Crippen molar-refractivity contribution in [2.75, 3.05) is 50.8 Å². The molecule has 4 N–H and O–H groups in total. The molecule has 1 fully saturated rings. The highest BCUT2D eigenvalue weighted by atomic mass is 35.5. The van der Waals surface area contributed by atoms with Gasteiger partial charge >= 0.3 is 6.03 Å². The van der Waals surface area contributed by atoms with Crippen molar-refractivity contribution in [2.45, 2.75) is 32.4 Å². The van der Waals surface area contributed by atoms with E-state index in [1.165, 1.54) is 11.5 Å². The highest BCUT2D eigenvalue weighted by molar-refractivity contribution is 7.99. The van der Waals surface area contributed by atoms with Crippen LogP contribution in [0, 0.1) is 11.8 Å². The van der Waals surface area contributed by atoms with E-state index in [4.69, 9.17) is 39.1 Å². The first-order chi connectivity index (χ1) is 21.3. The summed E-state index contributed by atoms with van der Waals surface area (Å²) in [5.41, 5.74) is 11.0. The number of nitrogens with one attached hydrogen (secondary N) is 1. The molecular formula is C32H36Cl2N6O3S. The average molecular weight is 656 g/mol. The van der Waals surface area contributed by atoms with E-state index in [1.807, 2.05) is 23.9 Å². The normalized spacial score (nSPS) is 14.9. The van der Waals surface area contributed by atoms with Gasteiger partial charge in [0, 0.05) is 85.2 Å². The topological polar surface area (TPSA) is 117 Å². The van der Waals surface area contributed by atoms with Gasteiger partial charge in [0.1, 0.15) is 0 Å². The molecule has 3 amide bonds. The van der Waals surface area contributed by atoms with Crippen molar-refractivity contribution >= 4 is 46.9 Å². The van der Waals surface area contributed by atoms with Crippen LogP contribution in [-0.4, -0.2) is 87.5 Å². The monoisotopic (exact) mass is 654 g/mol. The molecule has 0 bridgehead atoms. The van der Waals surface area contributed by atoms with Gasteiger partial charge < -0.3 is 26.0 Å². The summed E-state index contributed by atoms with van der Waals surface area (Å²) in [6.07, 6.45) is 2.15. The maximum Gasteiger partial charge on any atom is 0.315 e. The van der Waals surface area contributed by atoms with Crippen molar-refractivity contribution in [3.05, 3.63) is 74.4 Å². The molecule has 3 aromatic rings. The lowest BCUT2D eigenvalue weighted by Gasteiger charge is -2.27. The molecule has 0 radical (unpaired) electrons. The molecule has 1 saturated heterocycles. The lowest BCUT2D eigenvalue weighted by Crippen LogP contribution is -2.39. The van der Waals surface area contributed by atoms with Crippen molar-refractivity contribution in [1.82, 2.24) is 24.9 Å². The van der Waals surface area contributed by atoms with Crippen molar-refractivity contribution in [3.63, 3.8) is 0 Å². The minimum atomic E-state index is -0.440. The number of aliphatic hydroxyl groups excluding tert-OH is 1. The summed E-state index contributed by atoms with van der Waals surface area (Å²) >= 11 is 14.9. The van der Waals surface area contributed by atoms with Gasteiger partial charge in [0.15, 0.2) is 0 Å². The Bertz CT molecular complexity index is 1580. The molecule has 9 nitrogen and oxygen atoms in total. The lowest BCUT2D eigenvalue weighted by molar-refractivity contribution is 0.0951. The van der Waals surface area contributed by atoms with E-state index in [9.17, 15) is 9.59 Å². The van der Waals surface area contributed by atoms with Crippen molar-refractivity contribution < 1.29 is 14.7 Å². The van der Waals surface area contributed by atoms with Gasteiger partial charge in [-0.3, -0.25) is 9.48 Å². The highest BCUT2D eigenvalue weighted by Gasteiger charge is 2.27. The van der Waals surface area contributed by atoms with Gasteiger partial charge in [-0.1, -0.05) is 41.1 Å². The third-order valence-corrected chi connectivity index (χ3v) is 9.41. The van der Waals surface area contributed by atoms with Gasteiger partial charge in [0.2, 0.25) is 0 Å². The zero-order valence-electron chi connectivity index (χ0n) is 24.5. The van der Waals surface area contributed by atoms with E-state index in [2.05, 4.69) is 26.7 Å². The maximum atomic E-state index is 12.6. The van der Waals surface area contributed by atoms with Crippen LogP contribution < -0.4 is 11.1 Å². The fraction of sp³-hybridized carbons (Fsp3) is 0.406. The first-order valence-corrected chi connectivity index (χ1v) is 16.7. The molecule has 0 spiro atoms. The molecule has 12 heteroatoms. The number of urea groups is 1. The SMILES string of the molecule is NC(=O)N1CCc2c(c(-c3ccc(Cl)c(C#Cc4ccc(Cl)c(C(=O)NCCCO)c4)c3)nn2CCCN2CCSCC2)C1. The number of nitrogens with zero attached hydrogens (tertiary/aromatic N) is 4. The molecule has 0 aliphatic carbocycles. The number of amides is 3. The maximum absolute atomic E-state index is 12.6. The second-order valence-corrected chi connectivity index (χ2v) is 12.8. The van der Waals surface area contributed by atoms with Crippen molar-refractivity contribution in [3.8, 4) is 23.1 Å². The highest BCUT2D eigenvalue weighted by Crippen LogP contribution is 2.32. The first kappa shape index (κ1) is 32.2. The number of halogens is 2. The number of nitrogens with two attached hydrogens (primary N) is 1. The van der Waals surface area contributed by atoms with E-state index in [1.54, 1.807) is 29.2 Å². The molecule has 2 aliphatic heterocycles. The Kier molecular flexibility index (Phi) is 11.1. The number of benzene rings is 2. The Morgan fingerprint density at radius 1 is 1.02 bits per heavy atom. The van der Waals surface area contributed by atoms with Crippen LogP contribution in [0.1, 0.15) is 45.6 Å². The van der Waals surface area contributed by atoms with Crippen LogP contribution in [-0.2, 0) is 19.5 Å². The molecule has 0 saturated carbocycles. The van der Waals surface area contributed by atoms with Gasteiger partial charge in [-0.15, -0.1) is 0 Å². The second-order valence-electron chi connectivity index (χ2n) is 10.8. The Balaban J connectivity index is 1.40. The van der Waals surface area contributed by atoms with Gasteiger partial charge in [0.05, 0.1) is 27.8 Å². The Hall–Kier alpha value is -3.20. The van der Waals surface area contributed by atoms with E-state index < -0.39 is 6.03 Å². The zero-order chi connectivity index (χ0) is 31.1. The fourth-order valence-electron chi connectivity index (χ4n) is 5.43. The molecular weight excluding hydrogens is 619 g/mol. The minimum Gasteiger partial charge on any atom is -0.396 e. The molecule has 0 unspecified atom stereocenters. The average Bonchev–Trinajstić information content (AvgIpc) is 3.39. The van der Waals surface area contributed by atoms with E-state index in [0.717, 1.165) is 55.1 Å². The van der Waals surface area contributed by atoms with Crippen LogP contribution in [0.25, 0.3) is 11.3 Å². The van der Waals surface area contributed by atoms with Crippen LogP contribution in [0.3, 0.4) is 0 Å². The molecule has 2 aliphatic rings. The smallest absolute Gasteiger partial charge is 0.315 e. The number of fused-ring (bicyclic) bond motifs is 1. The molecule has 5 rings (SSSR count). The van der Waals surface area contributed by atoms with Gasteiger partial charge in [-0.2, -0.15) is 16.9 Å². The number of rotatable bonds is 9. The summed E-state index contributed by atoms with van der Waals surface area (Å²) in [7, 11) is 0. The Morgan fingerprint density at radius 2 is 1.82 bits per heavy atom. The van der Waals surface area contributed by atoms with Crippen LogP contribution in [0.5, 0.6) is 0 Å². The lowest BCUT2D eigenvalue weighted by atomic mass is 9.99. The predicted molar refractivity (Wildman–Crippen MR) is 176 cm³/mol. The number of carbonyl (C=O) groups is 2. The molecule has 2 aromatic carbocycles. The molecule has 232 valence electrons. The zero-order valence-corrected chi connectivity index (χ0v) is 26.8. The first-order valence-electron chi connectivity index (χ1n) is 14.8. The number of aromatic nitrogens is 2. The van der Waals surface area contributed by atoms with Gasteiger partial charge in [-0.05, 0) is 49.7 Å². The van der Waals surface area contributed by atoms with Crippen LogP contribution >= 0.6 is 35.0 Å². The Morgan fingerprint density at radius 3 is 2.59 bits per heavy atom. The molecule has 44 heavy (non-hydrogen) atoms. The summed E-state index contributed by atoms with van der Waals surface area (Å²) in [6.45, 7) is 5.40. The van der Waals surface area contributed by atoms with E-state index in [0.29, 0.717) is 59.2 Å². The van der Waals surface area contributed by atoms with Crippen molar-refractivity contribution in [1.29, 1.82) is 0 Å². The van der Waals surface area contributed by atoms with Crippen molar-refractivity contribution in [2.24, 2.45) is 5.73 Å². The molecule has 3 heterocycles. The number of hydrogen-bond acceptors (Lipinski definition) is 6. The van der Waals surface area contributed by atoms with Crippen LogP contribution in [0.4, 0.5) is 4.79 Å². The van der Waals surface area contributed by atoms with Gasteiger partial charge in [0.25, 0.3) is 5.91 Å². The van der Waals surface area contributed by atoms with Crippen LogP contribution in [0.2, 0.25) is 10.0 Å². The largest absolute Gasteiger partial charge is 0.396 e. The van der Waals surface area contributed by atoms with E-state index >= 15 is 0 Å². The third kappa shape index (κ3) is 7.89. The quantitative estimate of drug-likeness (QED) is 0.235. The standard InChI is InChI=1S/C32H36Cl2N6O3S/c33-27-8-6-24(20-23(27)5-3-22-4-7-28(34)25(19-22)31(42)36-10-1-16-41)30-26-21-39(32(35)43)13-9-29(26)40(37-30)12-2-11-38-14-17-44-18-15-38/h4,6-8,19-20,41H,1-2,9-18,21H2,(H2,35,43)(H,36,42). The van der Waals surface area contributed by atoms with Crippen LogP contribution in [0.15, 0.2) is 36.4 Å². The Labute approximate surface area is 272 Å². The summed E-state index contributed by atoms with van der Waals surface area (Å²) < 4.78 is 2.10. The summed E-state index contributed by atoms with van der Waals surface area (Å²) in [4.78, 5) is 28.8.